The second-order valence-corrected chi connectivity index (χ2v) is 11.8. The van der Waals surface area contributed by atoms with Crippen molar-refractivity contribution >= 4 is 45.6 Å². The number of amides is 2. The second-order valence-electron chi connectivity index (χ2n) is 11.8. The van der Waals surface area contributed by atoms with Crippen LogP contribution in [-0.4, -0.2) is 36.4 Å². The number of benzene rings is 3. The Morgan fingerprint density at radius 1 is 0.732 bits per heavy atom. The van der Waals surface area contributed by atoms with Crippen LogP contribution in [0.1, 0.15) is 49.9 Å². The Hall–Kier alpha value is -4.59. The van der Waals surface area contributed by atoms with E-state index in [9.17, 15) is 14.4 Å². The Bertz CT molecular complexity index is 1730. The minimum atomic E-state index is -1.35. The lowest BCUT2D eigenvalue weighted by Gasteiger charge is -2.54. The molecule has 41 heavy (non-hydrogen) atoms. The number of Topliss-reactive ketones (excluding diaryl/α,β-unsaturated/α-hetero) is 1. The molecule has 0 saturated carbocycles. The third-order valence-corrected chi connectivity index (χ3v) is 8.48. The SMILES string of the molecule is COc1ccc(N2C(=O)C(C)(C)C(=O)c3c2c2cc(OC)ccc2n3C2N(c3ccc(C)cc3)C(=O)C2(C)C)cc1. The quantitative estimate of drug-likeness (QED) is 0.211. The minimum Gasteiger partial charge on any atom is -0.497 e. The van der Waals surface area contributed by atoms with Crippen molar-refractivity contribution in [3.63, 3.8) is 0 Å². The molecular formula is C33H33N3O5. The maximum atomic E-state index is 14.4. The Morgan fingerprint density at radius 3 is 1.93 bits per heavy atom. The highest BCUT2D eigenvalue weighted by atomic mass is 16.5. The van der Waals surface area contributed by atoms with Gasteiger partial charge in [-0.15, -0.1) is 0 Å². The first-order valence-electron chi connectivity index (χ1n) is 13.6. The summed E-state index contributed by atoms with van der Waals surface area (Å²) >= 11 is 0. The molecule has 8 heteroatoms. The summed E-state index contributed by atoms with van der Waals surface area (Å²) in [4.78, 5) is 45.5. The first-order chi connectivity index (χ1) is 19.4. The molecule has 0 spiro atoms. The monoisotopic (exact) mass is 551 g/mol. The minimum absolute atomic E-state index is 0.0407. The van der Waals surface area contributed by atoms with Crippen LogP contribution in [-0.2, 0) is 9.59 Å². The average molecular weight is 552 g/mol. The Kier molecular flexibility index (Phi) is 5.82. The van der Waals surface area contributed by atoms with Gasteiger partial charge in [0.15, 0.2) is 5.78 Å². The molecule has 6 rings (SSSR count). The normalized spacial score (nSPS) is 19.3. The molecule has 0 bridgehead atoms. The van der Waals surface area contributed by atoms with E-state index in [1.54, 1.807) is 50.0 Å². The van der Waals surface area contributed by atoms with Crippen LogP contribution in [0.15, 0.2) is 66.7 Å². The number of aryl methyl sites for hydroxylation is 1. The molecular weight excluding hydrogens is 518 g/mol. The molecule has 0 N–H and O–H groups in total. The lowest BCUT2D eigenvalue weighted by molar-refractivity contribution is -0.140. The molecule has 8 nitrogen and oxygen atoms in total. The first-order valence-corrected chi connectivity index (χ1v) is 13.6. The van der Waals surface area contributed by atoms with E-state index >= 15 is 0 Å². The number of nitrogens with zero attached hydrogens (tertiary/aromatic N) is 3. The predicted molar refractivity (Wildman–Crippen MR) is 158 cm³/mol. The van der Waals surface area contributed by atoms with Gasteiger partial charge in [-0.25, -0.2) is 0 Å². The fourth-order valence-electron chi connectivity index (χ4n) is 6.04. The van der Waals surface area contributed by atoms with Crippen LogP contribution in [0.2, 0.25) is 0 Å². The van der Waals surface area contributed by atoms with Crippen LogP contribution in [0.5, 0.6) is 11.5 Å². The van der Waals surface area contributed by atoms with E-state index < -0.39 is 17.0 Å². The number of fused-ring (bicyclic) bond motifs is 3. The zero-order valence-electron chi connectivity index (χ0n) is 24.3. The van der Waals surface area contributed by atoms with Gasteiger partial charge in [-0.1, -0.05) is 17.7 Å². The fourth-order valence-corrected chi connectivity index (χ4v) is 6.04. The molecule has 4 aromatic rings. The van der Waals surface area contributed by atoms with E-state index in [4.69, 9.17) is 9.47 Å². The molecule has 1 saturated heterocycles. The van der Waals surface area contributed by atoms with E-state index in [0.29, 0.717) is 34.0 Å². The molecule has 2 amide bonds. The number of β-lactam (4-membered cyclic amide) rings is 1. The highest BCUT2D eigenvalue weighted by molar-refractivity contribution is 6.30. The summed E-state index contributed by atoms with van der Waals surface area (Å²) in [6.45, 7) is 9.12. The van der Waals surface area contributed by atoms with Gasteiger partial charge in [0.05, 0.1) is 30.8 Å². The van der Waals surface area contributed by atoms with Crippen molar-refractivity contribution in [3.05, 3.63) is 78.0 Å². The zero-order chi connectivity index (χ0) is 29.4. The predicted octanol–water partition coefficient (Wildman–Crippen LogP) is 6.43. The van der Waals surface area contributed by atoms with Crippen molar-refractivity contribution in [2.75, 3.05) is 24.0 Å². The molecule has 0 radical (unpaired) electrons. The van der Waals surface area contributed by atoms with E-state index in [1.807, 2.05) is 79.9 Å². The molecule has 2 aliphatic rings. The van der Waals surface area contributed by atoms with Gasteiger partial charge in [-0.05, 0) is 89.2 Å². The molecule has 1 fully saturated rings. The third kappa shape index (κ3) is 3.63. The smallest absolute Gasteiger partial charge is 0.245 e. The summed E-state index contributed by atoms with van der Waals surface area (Å²) in [6.07, 6.45) is -0.511. The Labute approximate surface area is 239 Å². The number of rotatable bonds is 5. The summed E-state index contributed by atoms with van der Waals surface area (Å²) < 4.78 is 12.9. The van der Waals surface area contributed by atoms with Gasteiger partial charge in [0.2, 0.25) is 11.8 Å². The van der Waals surface area contributed by atoms with E-state index in [-0.39, 0.29) is 17.6 Å². The fraction of sp³-hybridized carbons (Fsp3) is 0.303. The van der Waals surface area contributed by atoms with Gasteiger partial charge >= 0.3 is 0 Å². The van der Waals surface area contributed by atoms with E-state index in [1.165, 1.54) is 0 Å². The van der Waals surface area contributed by atoms with Crippen LogP contribution in [0, 0.1) is 17.8 Å². The maximum absolute atomic E-state index is 14.4. The summed E-state index contributed by atoms with van der Waals surface area (Å²) in [5.74, 6) is 0.580. The summed E-state index contributed by atoms with van der Waals surface area (Å²) in [5.41, 5.74) is 1.87. The number of ether oxygens (including phenoxy) is 2. The summed E-state index contributed by atoms with van der Waals surface area (Å²) in [7, 11) is 3.17. The van der Waals surface area contributed by atoms with Crippen molar-refractivity contribution in [1.82, 2.24) is 4.57 Å². The number of methoxy groups -OCH3 is 2. The van der Waals surface area contributed by atoms with E-state index in [0.717, 1.165) is 16.8 Å². The third-order valence-electron chi connectivity index (χ3n) is 8.48. The second kappa shape index (κ2) is 8.96. The van der Waals surface area contributed by atoms with Gasteiger partial charge in [0.25, 0.3) is 0 Å². The van der Waals surface area contributed by atoms with Gasteiger partial charge in [0, 0.05) is 16.8 Å². The van der Waals surface area contributed by atoms with Gasteiger partial charge < -0.3 is 14.0 Å². The molecule has 3 heterocycles. The number of hydrogen-bond donors (Lipinski definition) is 0. The van der Waals surface area contributed by atoms with Crippen LogP contribution < -0.4 is 19.3 Å². The average Bonchev–Trinajstić information content (AvgIpc) is 3.28. The number of carbonyl (C=O) groups is 3. The van der Waals surface area contributed by atoms with Crippen LogP contribution >= 0.6 is 0 Å². The topological polar surface area (TPSA) is 81.1 Å². The molecule has 1 aromatic heterocycles. The number of aromatic nitrogens is 1. The van der Waals surface area contributed by atoms with Crippen LogP contribution in [0.3, 0.4) is 0 Å². The van der Waals surface area contributed by atoms with Crippen molar-refractivity contribution < 1.29 is 23.9 Å². The van der Waals surface area contributed by atoms with Crippen molar-refractivity contribution in [2.45, 2.75) is 40.8 Å². The summed E-state index contributed by atoms with van der Waals surface area (Å²) in [6, 6.07) is 20.6. The largest absolute Gasteiger partial charge is 0.497 e. The standard InChI is InChI=1S/C33H33N3O5/c1-19-8-10-21(11-9-19)35-29(33(4,5)31(35)39)36-25-17-16-23(41-7)18-24(25)26-27(36)28(37)32(2,3)30(38)34(26)20-12-14-22(40-6)15-13-20/h8-18,29H,1-7H3. The van der Waals surface area contributed by atoms with Crippen molar-refractivity contribution in [3.8, 4) is 11.5 Å². The molecule has 2 aliphatic heterocycles. The number of hydrogen-bond acceptors (Lipinski definition) is 5. The van der Waals surface area contributed by atoms with Crippen molar-refractivity contribution in [1.29, 1.82) is 0 Å². The summed E-state index contributed by atoms with van der Waals surface area (Å²) in [5, 5.41) is 0.686. The number of ketones is 1. The Morgan fingerprint density at radius 2 is 1.32 bits per heavy atom. The lowest BCUT2D eigenvalue weighted by Crippen LogP contribution is -2.64. The first kappa shape index (κ1) is 26.6. The van der Waals surface area contributed by atoms with Gasteiger partial charge in [-0.3, -0.25) is 24.2 Å². The van der Waals surface area contributed by atoms with Crippen LogP contribution in [0.4, 0.5) is 17.1 Å². The van der Waals surface area contributed by atoms with Crippen LogP contribution in [0.25, 0.3) is 10.9 Å². The molecule has 0 aliphatic carbocycles. The molecule has 3 aromatic carbocycles. The van der Waals surface area contributed by atoms with Gasteiger partial charge in [-0.2, -0.15) is 0 Å². The molecule has 210 valence electrons. The lowest BCUT2D eigenvalue weighted by atomic mass is 9.76. The van der Waals surface area contributed by atoms with E-state index in [2.05, 4.69) is 0 Å². The zero-order valence-corrected chi connectivity index (χ0v) is 24.3. The number of carbonyl (C=O) groups excluding carboxylic acids is 3. The Balaban J connectivity index is 1.69. The van der Waals surface area contributed by atoms with Gasteiger partial charge in [0.1, 0.15) is 28.8 Å². The highest BCUT2D eigenvalue weighted by Gasteiger charge is 2.59. The molecule has 1 unspecified atom stereocenters. The number of anilines is 3. The maximum Gasteiger partial charge on any atom is 0.245 e. The molecule has 1 atom stereocenters. The van der Waals surface area contributed by atoms with Crippen molar-refractivity contribution in [2.24, 2.45) is 10.8 Å². The highest BCUT2D eigenvalue weighted by Crippen LogP contribution is 2.55.